The van der Waals surface area contributed by atoms with Crippen LogP contribution in [0.25, 0.3) is 65.3 Å². The molecule has 1 fully saturated rings. The molecule has 0 aliphatic heterocycles. The summed E-state index contributed by atoms with van der Waals surface area (Å²) in [5.41, 5.74) is 9.62. The second-order valence-electron chi connectivity index (χ2n) is 13.3. The van der Waals surface area contributed by atoms with Crippen molar-refractivity contribution in [2.75, 3.05) is 0 Å². The minimum Gasteiger partial charge on any atom is -0.164 e. The number of fused-ring (bicyclic) bond motifs is 4. The van der Waals surface area contributed by atoms with Gasteiger partial charge in [0.05, 0.1) is 0 Å². The second-order valence-corrected chi connectivity index (χ2v) is 13.3. The molecule has 0 nitrogen and oxygen atoms in total. The van der Waals surface area contributed by atoms with Crippen LogP contribution in [0.3, 0.4) is 0 Å². The van der Waals surface area contributed by atoms with Crippen molar-refractivity contribution in [1.29, 1.82) is 0 Å². The molecule has 0 heterocycles. The molecule has 0 unspecified atom stereocenters. The minimum atomic E-state index is 0. The topological polar surface area (TPSA) is 0 Å². The van der Waals surface area contributed by atoms with E-state index in [4.69, 9.17) is 0 Å². The molecular weight excluding hydrogens is 696 g/mol. The number of hydrogen-bond acceptors (Lipinski definition) is 0. The summed E-state index contributed by atoms with van der Waals surface area (Å²) in [6.07, 6.45) is 6.92. The maximum atomic E-state index is 3.06. The van der Waals surface area contributed by atoms with Gasteiger partial charge in [0.2, 0.25) is 0 Å². The first-order chi connectivity index (χ1) is 23.6. The standard InChI is InChI=1S/C25H23.C21H17.2CH3.Si.Zr/c1-2-8-18(9-3-1)21-16-20-12-7-15-24(25(20)17-21)23-14-6-11-19-10-4-5-13-22(19)23;1-14-12-20-15(2)10-11-19(21(20)13-14)18-9-5-7-16-6-3-4-8-17(16)18;;;;/h4-7,10-18H,1-3,8-9H2;3-13H,1-2H3;2*1H3;;/q4*-1;;. The first-order valence-electron chi connectivity index (χ1n) is 17.2. The fourth-order valence-corrected chi connectivity index (χ4v) is 7.91. The zero-order valence-corrected chi connectivity index (χ0v) is 33.3. The molecule has 0 atom stereocenters. The second kappa shape index (κ2) is 16.9. The monoisotopic (exact) mass is 740 g/mol. The Kier molecular flexibility index (Phi) is 12.7. The van der Waals surface area contributed by atoms with Gasteiger partial charge in [0, 0.05) is 0 Å². The van der Waals surface area contributed by atoms with E-state index in [9.17, 15) is 0 Å². The molecule has 8 aromatic carbocycles. The fraction of sp³-hybridized carbons (Fsp3) is 0.167. The van der Waals surface area contributed by atoms with Crippen molar-refractivity contribution in [3.05, 3.63) is 171 Å². The van der Waals surface area contributed by atoms with E-state index in [0.29, 0.717) is 0 Å². The maximum absolute atomic E-state index is 3.06. The number of aryl methyl sites for hydroxylation is 2. The van der Waals surface area contributed by atoms with Gasteiger partial charge in [0.25, 0.3) is 0 Å². The van der Waals surface area contributed by atoms with Crippen LogP contribution in [0.5, 0.6) is 0 Å². The van der Waals surface area contributed by atoms with Crippen molar-refractivity contribution in [2.45, 2.75) is 51.9 Å². The Hall–Kier alpha value is -3.84. The molecule has 50 heavy (non-hydrogen) atoms. The quantitative estimate of drug-likeness (QED) is 0.125. The molecule has 1 aliphatic carbocycles. The van der Waals surface area contributed by atoms with Gasteiger partial charge in [-0.3, -0.25) is 0 Å². The van der Waals surface area contributed by atoms with E-state index in [1.165, 1.54) is 132 Å². The zero-order chi connectivity index (χ0) is 33.0. The Morgan fingerprint density at radius 2 is 1.04 bits per heavy atom. The van der Waals surface area contributed by atoms with E-state index in [1.807, 2.05) is 0 Å². The average molecular weight is 742 g/mol. The van der Waals surface area contributed by atoms with E-state index in [2.05, 4.69) is 160 Å². The molecule has 0 aromatic heterocycles. The van der Waals surface area contributed by atoms with Crippen LogP contribution < -0.4 is 0 Å². The predicted molar refractivity (Wildman–Crippen MR) is 219 cm³/mol. The predicted octanol–water partition coefficient (Wildman–Crippen LogP) is 13.9. The van der Waals surface area contributed by atoms with E-state index in [-0.39, 0.29) is 14.9 Å². The summed E-state index contributed by atoms with van der Waals surface area (Å²) in [5.74, 6) is 0.765. The van der Waals surface area contributed by atoms with Gasteiger partial charge >= 0.3 is 30.2 Å². The van der Waals surface area contributed by atoms with Crippen molar-refractivity contribution < 1.29 is 23.3 Å². The Balaban J connectivity index is 0.000000181. The van der Waals surface area contributed by atoms with Crippen LogP contribution in [0.2, 0.25) is 0 Å². The molecule has 0 N–H and O–H groups in total. The molecule has 250 valence electrons. The van der Waals surface area contributed by atoms with Gasteiger partial charge in [-0.15, -0.1) is 68.6 Å². The van der Waals surface area contributed by atoms with Crippen LogP contribution in [0.1, 0.15) is 54.7 Å². The van der Waals surface area contributed by atoms with Crippen LogP contribution in [0.4, 0.5) is 0 Å². The Bertz CT molecular complexity index is 2340. The first kappa shape index (κ1) is 37.4. The molecule has 0 saturated heterocycles. The molecule has 2 radical (unpaired) electrons. The van der Waals surface area contributed by atoms with Crippen molar-refractivity contribution in [3.8, 4) is 22.3 Å². The van der Waals surface area contributed by atoms with Crippen LogP contribution >= 0.6 is 0 Å². The third kappa shape index (κ3) is 7.44. The molecular formula is C48H46SiZr-4. The van der Waals surface area contributed by atoms with Gasteiger partial charge in [0.1, 0.15) is 0 Å². The molecule has 8 aromatic rings. The minimum absolute atomic E-state index is 0. The average Bonchev–Trinajstić information content (AvgIpc) is 3.77. The fourth-order valence-electron chi connectivity index (χ4n) is 7.91. The summed E-state index contributed by atoms with van der Waals surface area (Å²) in [4.78, 5) is 0. The molecule has 2 heteroatoms. The molecule has 1 saturated carbocycles. The van der Waals surface area contributed by atoms with Crippen molar-refractivity contribution in [2.24, 2.45) is 0 Å². The third-order valence-electron chi connectivity index (χ3n) is 10.3. The van der Waals surface area contributed by atoms with Gasteiger partial charge < -0.3 is 14.9 Å². The van der Waals surface area contributed by atoms with Crippen LogP contribution in [-0.2, 0) is 23.3 Å². The zero-order valence-electron chi connectivity index (χ0n) is 29.9. The van der Waals surface area contributed by atoms with E-state index < -0.39 is 0 Å². The summed E-state index contributed by atoms with van der Waals surface area (Å²) < 4.78 is 0. The van der Waals surface area contributed by atoms with Crippen LogP contribution in [0, 0.1) is 28.7 Å². The Labute approximate surface area is 316 Å². The van der Waals surface area contributed by atoms with E-state index in [0.717, 1.165) is 5.92 Å². The van der Waals surface area contributed by atoms with Crippen LogP contribution in [-0.4, -0.2) is 6.88 Å². The Morgan fingerprint density at radius 1 is 0.520 bits per heavy atom. The maximum Gasteiger partial charge on any atom is -0.0114 e. The van der Waals surface area contributed by atoms with Gasteiger partial charge in [-0.2, -0.15) is 12.1 Å². The summed E-state index contributed by atoms with van der Waals surface area (Å²) in [7, 11) is 0. The van der Waals surface area contributed by atoms with Crippen molar-refractivity contribution in [3.63, 3.8) is 0 Å². The normalized spacial score (nSPS) is 12.7. The molecule has 1 aliphatic rings. The third-order valence-corrected chi connectivity index (χ3v) is 10.3. The number of hydrogen-bond donors (Lipinski definition) is 0. The number of rotatable bonds is 3. The summed E-state index contributed by atoms with van der Waals surface area (Å²) in [5, 5.41) is 10.8. The molecule has 0 amide bonds. The smallest absolute Gasteiger partial charge is 0.0114 e. The van der Waals surface area contributed by atoms with Gasteiger partial charge in [0.15, 0.2) is 0 Å². The van der Waals surface area contributed by atoms with E-state index >= 15 is 0 Å². The molecule has 9 rings (SSSR count). The molecule has 0 spiro atoms. The van der Waals surface area contributed by atoms with Crippen molar-refractivity contribution >= 4 is 50.0 Å². The van der Waals surface area contributed by atoms with Gasteiger partial charge in [-0.05, 0) is 51.4 Å². The van der Waals surface area contributed by atoms with Gasteiger partial charge in [-0.25, -0.2) is 0 Å². The molecule has 0 bridgehead atoms. The Morgan fingerprint density at radius 3 is 1.66 bits per heavy atom. The summed E-state index contributed by atoms with van der Waals surface area (Å²) in [6, 6.07) is 51.3. The van der Waals surface area contributed by atoms with E-state index in [1.54, 1.807) is 5.56 Å². The largest absolute Gasteiger partial charge is 0.164 e. The number of benzene rings is 6. The van der Waals surface area contributed by atoms with Crippen molar-refractivity contribution in [1.82, 2.24) is 0 Å². The summed E-state index contributed by atoms with van der Waals surface area (Å²) in [6.45, 7) is 7.42. The van der Waals surface area contributed by atoms with Gasteiger partial charge in [-0.1, -0.05) is 141 Å². The first-order valence-corrected chi connectivity index (χ1v) is 21.4. The summed E-state index contributed by atoms with van der Waals surface area (Å²) >= 11 is 1.36. The van der Waals surface area contributed by atoms with Crippen LogP contribution in [0.15, 0.2) is 140 Å². The SMILES string of the molecule is Cc1cc2c(-c3cccc4ccccc34)ccc(C)c2[cH-]1.[CH3-].[CH3-].[Si]=[Zr].c1ccc2c(-c3cccc4[cH-]c(C5CCCCC5)cc34)cccc2c1.